The Morgan fingerprint density at radius 1 is 1.11 bits per heavy atom. The molecule has 0 radical (unpaired) electrons. The van der Waals surface area contributed by atoms with Gasteiger partial charge in [-0.2, -0.15) is 5.26 Å². The monoisotopic (exact) mass is 362 g/mol. The maximum Gasteiger partial charge on any atom is 0.127 e. The van der Waals surface area contributed by atoms with Crippen LogP contribution in [0, 0.1) is 22.7 Å². The first-order valence-corrected chi connectivity index (χ1v) is 9.89. The normalized spacial score (nSPS) is 16.9. The van der Waals surface area contributed by atoms with Crippen LogP contribution in [0.2, 0.25) is 0 Å². The molecule has 1 heterocycles. The zero-order valence-electron chi connectivity index (χ0n) is 16.7. The van der Waals surface area contributed by atoms with E-state index in [4.69, 9.17) is 4.74 Å². The number of ether oxygens (including phenoxy) is 1. The third-order valence-corrected chi connectivity index (χ3v) is 6.26. The lowest BCUT2D eigenvalue weighted by Crippen LogP contribution is -2.42. The van der Waals surface area contributed by atoms with Crippen molar-refractivity contribution < 1.29 is 4.74 Å². The van der Waals surface area contributed by atoms with Gasteiger partial charge in [-0.3, -0.25) is 4.90 Å². The first kappa shape index (κ1) is 19.5. The van der Waals surface area contributed by atoms with Gasteiger partial charge in [-0.25, -0.2) is 0 Å². The second-order valence-electron chi connectivity index (χ2n) is 8.03. The average molecular weight is 363 g/mol. The topological polar surface area (TPSA) is 36.3 Å². The van der Waals surface area contributed by atoms with E-state index in [-0.39, 0.29) is 5.41 Å². The Bertz CT molecular complexity index is 784. The summed E-state index contributed by atoms with van der Waals surface area (Å²) in [6.45, 7) is 7.58. The van der Waals surface area contributed by atoms with Gasteiger partial charge < -0.3 is 4.74 Å². The van der Waals surface area contributed by atoms with Gasteiger partial charge in [-0.1, -0.05) is 56.3 Å². The summed E-state index contributed by atoms with van der Waals surface area (Å²) in [5, 5.41) is 9.23. The summed E-state index contributed by atoms with van der Waals surface area (Å²) in [6, 6.07) is 19.3. The molecule has 27 heavy (non-hydrogen) atoms. The molecule has 0 spiro atoms. The van der Waals surface area contributed by atoms with Gasteiger partial charge in [0.15, 0.2) is 0 Å². The minimum Gasteiger partial charge on any atom is -0.496 e. The third kappa shape index (κ3) is 4.34. The summed E-state index contributed by atoms with van der Waals surface area (Å²) in [6.07, 6.45) is 2.90. The molecule has 0 aliphatic carbocycles. The van der Waals surface area contributed by atoms with Crippen LogP contribution >= 0.6 is 0 Å². The van der Waals surface area contributed by atoms with Crippen LogP contribution in [0.25, 0.3) is 11.1 Å². The van der Waals surface area contributed by atoms with Crippen molar-refractivity contribution in [2.75, 3.05) is 20.2 Å². The second-order valence-corrected chi connectivity index (χ2v) is 8.03. The Hall–Kier alpha value is -2.31. The Morgan fingerprint density at radius 3 is 2.41 bits per heavy atom. The fourth-order valence-corrected chi connectivity index (χ4v) is 4.22. The number of rotatable bonds is 6. The van der Waals surface area contributed by atoms with Crippen molar-refractivity contribution >= 4 is 0 Å². The third-order valence-electron chi connectivity index (χ3n) is 6.26. The molecule has 0 saturated carbocycles. The predicted octanol–water partition coefficient (Wildman–Crippen LogP) is 5.51. The number of likely N-dealkylation sites (tertiary alicyclic amines) is 1. The standard InChI is InChI=1S/C24H30N2O/c1-19(2)24(11-14-25)12-15-26(16-13-24)18-20-9-10-22(23(17-20)27-3)21-7-5-4-6-8-21/h4-10,17,19H,11-13,15-16,18H2,1-3H3. The van der Waals surface area contributed by atoms with Crippen LogP contribution in [0.1, 0.15) is 38.7 Å². The van der Waals surface area contributed by atoms with Crippen LogP contribution in [0.3, 0.4) is 0 Å². The largest absolute Gasteiger partial charge is 0.496 e. The zero-order valence-corrected chi connectivity index (χ0v) is 16.7. The van der Waals surface area contributed by atoms with E-state index >= 15 is 0 Å². The predicted molar refractivity (Wildman–Crippen MR) is 110 cm³/mol. The number of nitriles is 1. The minimum atomic E-state index is 0.195. The molecule has 1 aliphatic rings. The summed E-state index contributed by atoms with van der Waals surface area (Å²) in [7, 11) is 1.74. The fraction of sp³-hybridized carbons (Fsp3) is 0.458. The van der Waals surface area contributed by atoms with Crippen molar-refractivity contribution in [1.82, 2.24) is 4.90 Å². The minimum absolute atomic E-state index is 0.195. The molecule has 0 atom stereocenters. The number of nitrogens with zero attached hydrogens (tertiary/aromatic N) is 2. The SMILES string of the molecule is COc1cc(CN2CCC(CC#N)(C(C)C)CC2)ccc1-c1ccccc1. The van der Waals surface area contributed by atoms with Crippen molar-refractivity contribution in [3.05, 3.63) is 54.1 Å². The van der Waals surface area contributed by atoms with Gasteiger partial charge in [0.2, 0.25) is 0 Å². The number of piperidine rings is 1. The van der Waals surface area contributed by atoms with E-state index < -0.39 is 0 Å². The van der Waals surface area contributed by atoms with Crippen molar-refractivity contribution in [2.24, 2.45) is 11.3 Å². The highest BCUT2D eigenvalue weighted by Crippen LogP contribution is 2.42. The summed E-state index contributed by atoms with van der Waals surface area (Å²) in [4.78, 5) is 2.51. The van der Waals surface area contributed by atoms with Crippen molar-refractivity contribution in [1.29, 1.82) is 5.26 Å². The van der Waals surface area contributed by atoms with Gasteiger partial charge in [0, 0.05) is 18.5 Å². The van der Waals surface area contributed by atoms with E-state index in [2.05, 4.69) is 67.3 Å². The second kappa shape index (κ2) is 8.59. The quantitative estimate of drug-likeness (QED) is 0.679. The molecule has 3 heteroatoms. The van der Waals surface area contributed by atoms with E-state index in [0.717, 1.165) is 43.8 Å². The number of methoxy groups -OCH3 is 1. The molecule has 0 unspecified atom stereocenters. The lowest BCUT2D eigenvalue weighted by molar-refractivity contribution is 0.0616. The molecule has 1 aliphatic heterocycles. The van der Waals surface area contributed by atoms with Gasteiger partial charge in [-0.15, -0.1) is 0 Å². The van der Waals surface area contributed by atoms with Crippen molar-refractivity contribution in [3.8, 4) is 22.9 Å². The Balaban J connectivity index is 1.70. The van der Waals surface area contributed by atoms with E-state index in [0.29, 0.717) is 12.3 Å². The molecular formula is C24H30N2O. The fourth-order valence-electron chi connectivity index (χ4n) is 4.22. The smallest absolute Gasteiger partial charge is 0.127 e. The first-order chi connectivity index (χ1) is 13.1. The molecule has 3 rings (SSSR count). The average Bonchev–Trinajstić information content (AvgIpc) is 2.70. The molecule has 1 saturated heterocycles. The highest BCUT2D eigenvalue weighted by Gasteiger charge is 2.37. The molecule has 0 bridgehead atoms. The summed E-state index contributed by atoms with van der Waals surface area (Å²) < 4.78 is 5.67. The van der Waals surface area contributed by atoms with E-state index in [1.807, 2.05) is 6.07 Å². The number of hydrogen-bond donors (Lipinski definition) is 0. The molecule has 1 fully saturated rings. The molecule has 142 valence electrons. The highest BCUT2D eigenvalue weighted by molar-refractivity contribution is 5.70. The van der Waals surface area contributed by atoms with E-state index in [9.17, 15) is 5.26 Å². The van der Waals surface area contributed by atoms with Gasteiger partial charge in [0.25, 0.3) is 0 Å². The van der Waals surface area contributed by atoms with Crippen LogP contribution in [0.15, 0.2) is 48.5 Å². The Labute approximate surface area is 163 Å². The summed E-state index contributed by atoms with van der Waals surface area (Å²) in [5.74, 6) is 1.49. The van der Waals surface area contributed by atoms with Crippen LogP contribution in [0.5, 0.6) is 5.75 Å². The van der Waals surface area contributed by atoms with E-state index in [1.165, 1.54) is 11.1 Å². The summed E-state index contributed by atoms with van der Waals surface area (Å²) >= 11 is 0. The van der Waals surface area contributed by atoms with Crippen LogP contribution < -0.4 is 4.74 Å². The molecule has 2 aromatic rings. The molecule has 2 aromatic carbocycles. The molecule has 0 aromatic heterocycles. The first-order valence-electron chi connectivity index (χ1n) is 9.89. The zero-order chi connectivity index (χ0) is 19.3. The summed E-state index contributed by atoms with van der Waals surface area (Å²) in [5.41, 5.74) is 3.79. The Morgan fingerprint density at radius 2 is 1.81 bits per heavy atom. The lowest BCUT2D eigenvalue weighted by Gasteiger charge is -2.43. The lowest BCUT2D eigenvalue weighted by atomic mass is 9.68. The molecule has 0 N–H and O–H groups in total. The molecule has 0 amide bonds. The van der Waals surface area contributed by atoms with Crippen LogP contribution in [0.4, 0.5) is 0 Å². The maximum atomic E-state index is 9.23. The van der Waals surface area contributed by atoms with Gasteiger partial charge in [-0.05, 0) is 54.5 Å². The van der Waals surface area contributed by atoms with Crippen LogP contribution in [-0.4, -0.2) is 25.1 Å². The number of hydrogen-bond acceptors (Lipinski definition) is 3. The number of benzene rings is 2. The van der Waals surface area contributed by atoms with E-state index in [1.54, 1.807) is 7.11 Å². The highest BCUT2D eigenvalue weighted by atomic mass is 16.5. The van der Waals surface area contributed by atoms with Gasteiger partial charge in [0.05, 0.1) is 13.2 Å². The van der Waals surface area contributed by atoms with Gasteiger partial charge in [0.1, 0.15) is 5.75 Å². The Kier molecular flexibility index (Phi) is 6.19. The molecular weight excluding hydrogens is 332 g/mol. The van der Waals surface area contributed by atoms with Gasteiger partial charge >= 0.3 is 0 Å². The molecule has 3 nitrogen and oxygen atoms in total. The van der Waals surface area contributed by atoms with Crippen molar-refractivity contribution in [3.63, 3.8) is 0 Å². The van der Waals surface area contributed by atoms with Crippen molar-refractivity contribution in [2.45, 2.75) is 39.7 Å². The van der Waals surface area contributed by atoms with Crippen LogP contribution in [-0.2, 0) is 6.54 Å². The maximum absolute atomic E-state index is 9.23.